The summed E-state index contributed by atoms with van der Waals surface area (Å²) in [5, 5.41) is 7.23. The van der Waals surface area contributed by atoms with Crippen LogP contribution in [-0.2, 0) is 14.8 Å². The van der Waals surface area contributed by atoms with Crippen molar-refractivity contribution in [3.05, 3.63) is 0 Å². The third-order valence-electron chi connectivity index (χ3n) is 2.71. The van der Waals surface area contributed by atoms with Gasteiger partial charge in [0.25, 0.3) is 0 Å². The topological polar surface area (TPSA) is 83.5 Å². The summed E-state index contributed by atoms with van der Waals surface area (Å²) >= 11 is 0. The summed E-state index contributed by atoms with van der Waals surface area (Å²) < 4.78 is 25.4. The number of rotatable bonds is 6. The number of carboxylic acids is 1. The highest BCUT2D eigenvalue weighted by molar-refractivity contribution is 7.90. The van der Waals surface area contributed by atoms with Gasteiger partial charge in [-0.3, -0.25) is 4.79 Å². The van der Waals surface area contributed by atoms with Crippen molar-refractivity contribution in [1.29, 1.82) is 0 Å². The van der Waals surface area contributed by atoms with Gasteiger partial charge >= 0.3 is 5.97 Å². The van der Waals surface area contributed by atoms with Crippen LogP contribution in [0.1, 0.15) is 33.1 Å². The van der Waals surface area contributed by atoms with Crippen LogP contribution in [0.5, 0.6) is 0 Å². The van der Waals surface area contributed by atoms with Crippen molar-refractivity contribution >= 4 is 16.0 Å². The van der Waals surface area contributed by atoms with Gasteiger partial charge in [0.05, 0.1) is 0 Å². The average molecular weight is 235 g/mol. The van der Waals surface area contributed by atoms with Crippen molar-refractivity contribution in [2.45, 2.75) is 44.4 Å². The van der Waals surface area contributed by atoms with Gasteiger partial charge in [-0.25, -0.2) is 13.1 Å². The van der Waals surface area contributed by atoms with Gasteiger partial charge in [0.1, 0.15) is 0 Å². The van der Waals surface area contributed by atoms with Crippen LogP contribution < -0.4 is 4.72 Å². The van der Waals surface area contributed by atoms with Gasteiger partial charge in [0.15, 0.2) is 5.25 Å². The Labute approximate surface area is 89.9 Å². The molecule has 3 unspecified atom stereocenters. The Hall–Kier alpha value is -0.620. The fraction of sp³-hybridized carbons (Fsp3) is 0.889. The zero-order valence-corrected chi connectivity index (χ0v) is 9.75. The summed E-state index contributed by atoms with van der Waals surface area (Å²) in [5.74, 6) is -0.916. The van der Waals surface area contributed by atoms with Gasteiger partial charge in [0.2, 0.25) is 10.0 Å². The Kier molecular flexibility index (Phi) is 3.72. The third-order valence-corrected chi connectivity index (χ3v) is 4.47. The lowest BCUT2D eigenvalue weighted by atomic mass is 10.2. The van der Waals surface area contributed by atoms with E-state index in [1.807, 2.05) is 6.92 Å². The molecule has 0 heterocycles. The molecule has 1 fully saturated rings. The lowest BCUT2D eigenvalue weighted by molar-refractivity contribution is -0.136. The van der Waals surface area contributed by atoms with E-state index >= 15 is 0 Å². The molecule has 1 aliphatic rings. The maximum atomic E-state index is 11.5. The number of carbonyl (C=O) groups is 1. The Morgan fingerprint density at radius 2 is 2.20 bits per heavy atom. The van der Waals surface area contributed by atoms with Crippen molar-refractivity contribution in [2.75, 3.05) is 0 Å². The SMILES string of the molecule is CCCC1CC1NS(=O)(=O)C(C)C(=O)O. The first-order chi connectivity index (χ1) is 6.88. The van der Waals surface area contributed by atoms with Crippen LogP contribution in [0.25, 0.3) is 0 Å². The van der Waals surface area contributed by atoms with Gasteiger partial charge in [0, 0.05) is 6.04 Å². The number of carboxylic acid groups (broad SMARTS) is 1. The molecule has 0 aromatic heterocycles. The van der Waals surface area contributed by atoms with Gasteiger partial charge in [-0.2, -0.15) is 0 Å². The Balaban J connectivity index is 2.49. The van der Waals surface area contributed by atoms with Crippen LogP contribution >= 0.6 is 0 Å². The Morgan fingerprint density at radius 3 is 2.67 bits per heavy atom. The first kappa shape index (κ1) is 12.4. The van der Waals surface area contributed by atoms with Crippen LogP contribution in [0.4, 0.5) is 0 Å². The number of aliphatic carboxylic acids is 1. The third kappa shape index (κ3) is 3.17. The van der Waals surface area contributed by atoms with Gasteiger partial charge in [-0.15, -0.1) is 0 Å². The van der Waals surface area contributed by atoms with E-state index in [4.69, 9.17) is 5.11 Å². The largest absolute Gasteiger partial charge is 0.480 e. The molecule has 1 rings (SSSR count). The van der Waals surface area contributed by atoms with E-state index in [0.29, 0.717) is 5.92 Å². The monoisotopic (exact) mass is 235 g/mol. The summed E-state index contributed by atoms with van der Waals surface area (Å²) in [7, 11) is -3.70. The standard InChI is InChI=1S/C9H17NO4S/c1-3-4-7-5-8(7)10-15(13,14)6(2)9(11)12/h6-8,10H,3-5H2,1-2H3,(H,11,12). The number of nitrogens with one attached hydrogen (secondary N) is 1. The van der Waals surface area contributed by atoms with E-state index in [0.717, 1.165) is 19.3 Å². The van der Waals surface area contributed by atoms with E-state index in [1.54, 1.807) is 0 Å². The van der Waals surface area contributed by atoms with Crippen molar-refractivity contribution in [3.8, 4) is 0 Å². The zero-order chi connectivity index (χ0) is 11.6. The second-order valence-corrected chi connectivity index (χ2v) is 6.07. The summed E-state index contributed by atoms with van der Waals surface area (Å²) in [6.45, 7) is 3.23. The van der Waals surface area contributed by atoms with Crippen LogP contribution in [-0.4, -0.2) is 30.8 Å². The van der Waals surface area contributed by atoms with Crippen LogP contribution in [0.3, 0.4) is 0 Å². The van der Waals surface area contributed by atoms with E-state index in [9.17, 15) is 13.2 Å². The molecular weight excluding hydrogens is 218 g/mol. The maximum absolute atomic E-state index is 11.5. The minimum absolute atomic E-state index is 0.0447. The van der Waals surface area contributed by atoms with Crippen molar-refractivity contribution in [2.24, 2.45) is 5.92 Å². The molecular formula is C9H17NO4S. The van der Waals surface area contributed by atoms with Gasteiger partial charge in [-0.05, 0) is 25.7 Å². The molecule has 0 aliphatic heterocycles. The summed E-state index contributed by atoms with van der Waals surface area (Å²) in [6, 6.07) is -0.0447. The molecule has 6 heteroatoms. The van der Waals surface area contributed by atoms with Crippen LogP contribution in [0.2, 0.25) is 0 Å². The van der Waals surface area contributed by atoms with Crippen LogP contribution in [0, 0.1) is 5.92 Å². The highest BCUT2D eigenvalue weighted by Gasteiger charge is 2.41. The minimum atomic E-state index is -3.70. The minimum Gasteiger partial charge on any atom is -0.480 e. The molecule has 0 saturated heterocycles. The number of hydrogen-bond acceptors (Lipinski definition) is 3. The summed E-state index contributed by atoms with van der Waals surface area (Å²) in [6.07, 6.45) is 2.85. The zero-order valence-electron chi connectivity index (χ0n) is 8.93. The molecule has 88 valence electrons. The number of hydrogen-bond donors (Lipinski definition) is 2. The molecule has 1 saturated carbocycles. The highest BCUT2D eigenvalue weighted by atomic mass is 32.2. The van der Waals surface area contributed by atoms with Gasteiger partial charge in [-0.1, -0.05) is 13.3 Å². The molecule has 0 radical (unpaired) electrons. The van der Waals surface area contributed by atoms with E-state index < -0.39 is 21.2 Å². The normalized spacial score (nSPS) is 27.3. The van der Waals surface area contributed by atoms with Gasteiger partial charge < -0.3 is 5.11 Å². The maximum Gasteiger partial charge on any atom is 0.323 e. The summed E-state index contributed by atoms with van der Waals surface area (Å²) in [5.41, 5.74) is 0. The predicted molar refractivity (Wildman–Crippen MR) is 56.0 cm³/mol. The molecule has 3 atom stereocenters. The fourth-order valence-corrected chi connectivity index (χ4v) is 2.71. The molecule has 0 bridgehead atoms. The molecule has 1 aliphatic carbocycles. The highest BCUT2D eigenvalue weighted by Crippen LogP contribution is 2.35. The van der Waals surface area contributed by atoms with E-state index in [2.05, 4.69) is 4.72 Å². The Morgan fingerprint density at radius 1 is 1.60 bits per heavy atom. The van der Waals surface area contributed by atoms with Crippen LogP contribution in [0.15, 0.2) is 0 Å². The first-order valence-corrected chi connectivity index (χ1v) is 6.67. The average Bonchev–Trinajstić information content (AvgIpc) is 2.81. The molecule has 2 N–H and O–H groups in total. The summed E-state index contributed by atoms with van der Waals surface area (Å²) in [4.78, 5) is 10.5. The second-order valence-electron chi connectivity index (χ2n) is 4.03. The van der Waals surface area contributed by atoms with Crippen molar-refractivity contribution < 1.29 is 18.3 Å². The molecule has 15 heavy (non-hydrogen) atoms. The molecule has 0 aromatic rings. The lowest BCUT2D eigenvalue weighted by Gasteiger charge is -2.09. The quantitative estimate of drug-likeness (QED) is 0.705. The van der Waals surface area contributed by atoms with E-state index in [1.165, 1.54) is 6.92 Å². The van der Waals surface area contributed by atoms with E-state index in [-0.39, 0.29) is 6.04 Å². The van der Waals surface area contributed by atoms with Crippen molar-refractivity contribution in [1.82, 2.24) is 4.72 Å². The molecule has 5 nitrogen and oxygen atoms in total. The van der Waals surface area contributed by atoms with Crippen molar-refractivity contribution in [3.63, 3.8) is 0 Å². The molecule has 0 aromatic carbocycles. The molecule has 0 amide bonds. The molecule has 0 spiro atoms. The second kappa shape index (κ2) is 4.49. The smallest absolute Gasteiger partial charge is 0.323 e. The first-order valence-electron chi connectivity index (χ1n) is 5.12. The number of sulfonamides is 1. The fourth-order valence-electron chi connectivity index (χ4n) is 1.53. The predicted octanol–water partition coefficient (Wildman–Crippen LogP) is 0.567. The lowest BCUT2D eigenvalue weighted by Crippen LogP contribution is -2.39. The Bertz CT molecular complexity index is 338.